The van der Waals surface area contributed by atoms with Gasteiger partial charge in [0, 0.05) is 11.6 Å². The molecule has 0 amide bonds. The van der Waals surface area contributed by atoms with Crippen LogP contribution in [0, 0.1) is 0 Å². The lowest BCUT2D eigenvalue weighted by molar-refractivity contribution is 0.869. The highest BCUT2D eigenvalue weighted by Crippen LogP contribution is 2.27. The summed E-state index contributed by atoms with van der Waals surface area (Å²) in [4.78, 5) is 4.21. The summed E-state index contributed by atoms with van der Waals surface area (Å²) in [6, 6.07) is 8.14. The zero-order valence-electron chi connectivity index (χ0n) is 8.49. The number of nitrogen functional groups attached to an aromatic ring is 1. The normalized spacial score (nSPS) is 11.1. The smallest absolute Gasteiger partial charge is 0.131 e. The highest BCUT2D eigenvalue weighted by atomic mass is 14.8. The minimum atomic E-state index is 0.480. The minimum Gasteiger partial charge on any atom is -0.383 e. The van der Waals surface area contributed by atoms with Crippen LogP contribution in [0.1, 0.15) is 25.3 Å². The lowest BCUT2D eigenvalue weighted by atomic mass is 9.98. The molecule has 0 radical (unpaired) electrons. The van der Waals surface area contributed by atoms with E-state index in [0.717, 1.165) is 5.39 Å². The summed E-state index contributed by atoms with van der Waals surface area (Å²) >= 11 is 0. The molecule has 0 aliphatic heterocycles. The Hall–Kier alpha value is -1.57. The molecule has 0 spiro atoms. The molecule has 2 aromatic rings. The average Bonchev–Trinajstić information content (AvgIpc) is 2.18. The molecular weight excluding hydrogens is 172 g/mol. The molecule has 0 saturated heterocycles. The number of nitrogens with two attached hydrogens (primary N) is 1. The van der Waals surface area contributed by atoms with Gasteiger partial charge in [0.05, 0.1) is 0 Å². The molecule has 0 unspecified atom stereocenters. The molecule has 0 fully saturated rings. The summed E-state index contributed by atoms with van der Waals surface area (Å²) in [5, 5.41) is 2.27. The first-order chi connectivity index (χ1) is 6.70. The number of pyridine rings is 1. The van der Waals surface area contributed by atoms with Crippen molar-refractivity contribution in [3.8, 4) is 0 Å². The van der Waals surface area contributed by atoms with E-state index in [-0.39, 0.29) is 0 Å². The number of rotatable bonds is 1. The number of aromatic nitrogens is 1. The summed E-state index contributed by atoms with van der Waals surface area (Å²) in [5.74, 6) is 1.10. The third-order valence-corrected chi connectivity index (χ3v) is 2.48. The summed E-state index contributed by atoms with van der Waals surface area (Å²) in [6.07, 6.45) is 1.88. The summed E-state index contributed by atoms with van der Waals surface area (Å²) in [7, 11) is 0. The minimum absolute atomic E-state index is 0.480. The second-order valence-electron chi connectivity index (χ2n) is 3.80. The number of hydrogen-bond donors (Lipinski definition) is 1. The van der Waals surface area contributed by atoms with Crippen molar-refractivity contribution in [1.82, 2.24) is 4.98 Å². The van der Waals surface area contributed by atoms with E-state index < -0.39 is 0 Å². The van der Waals surface area contributed by atoms with Crippen LogP contribution in [0.5, 0.6) is 0 Å². The zero-order valence-corrected chi connectivity index (χ0v) is 8.49. The molecule has 0 bridgehead atoms. The van der Waals surface area contributed by atoms with Gasteiger partial charge in [0.15, 0.2) is 0 Å². The van der Waals surface area contributed by atoms with E-state index in [1.807, 2.05) is 24.4 Å². The number of benzene rings is 1. The molecule has 0 aliphatic rings. The Morgan fingerprint density at radius 1 is 1.14 bits per heavy atom. The van der Waals surface area contributed by atoms with Gasteiger partial charge in [-0.3, -0.25) is 0 Å². The van der Waals surface area contributed by atoms with Crippen LogP contribution in [0.15, 0.2) is 30.5 Å². The Morgan fingerprint density at radius 3 is 2.43 bits per heavy atom. The average molecular weight is 186 g/mol. The monoisotopic (exact) mass is 186 g/mol. The standard InChI is InChI=1S/C12H14N2/c1-8(2)11-7-14-12(13)10-6-4-3-5-9(10)11/h3-8H,1-2H3,(H2,13,14). The Balaban J connectivity index is 2.82. The van der Waals surface area contributed by atoms with Gasteiger partial charge < -0.3 is 5.73 Å². The summed E-state index contributed by atoms with van der Waals surface area (Å²) in [6.45, 7) is 4.33. The van der Waals surface area contributed by atoms with Gasteiger partial charge in [-0.25, -0.2) is 4.98 Å². The van der Waals surface area contributed by atoms with Crippen molar-refractivity contribution < 1.29 is 0 Å². The zero-order chi connectivity index (χ0) is 10.1. The number of anilines is 1. The lowest BCUT2D eigenvalue weighted by Crippen LogP contribution is -1.96. The van der Waals surface area contributed by atoms with E-state index >= 15 is 0 Å². The Labute approximate surface area is 83.8 Å². The van der Waals surface area contributed by atoms with E-state index in [1.165, 1.54) is 10.9 Å². The van der Waals surface area contributed by atoms with Crippen LogP contribution >= 0.6 is 0 Å². The topological polar surface area (TPSA) is 38.9 Å². The van der Waals surface area contributed by atoms with Gasteiger partial charge in [-0.15, -0.1) is 0 Å². The van der Waals surface area contributed by atoms with Gasteiger partial charge in [0.1, 0.15) is 5.82 Å². The molecule has 1 heterocycles. The Kier molecular flexibility index (Phi) is 2.12. The van der Waals surface area contributed by atoms with Crippen molar-refractivity contribution in [3.05, 3.63) is 36.0 Å². The Morgan fingerprint density at radius 2 is 1.79 bits per heavy atom. The molecule has 0 aliphatic carbocycles. The van der Waals surface area contributed by atoms with Crippen molar-refractivity contribution in [1.29, 1.82) is 0 Å². The highest BCUT2D eigenvalue weighted by molar-refractivity contribution is 5.93. The third-order valence-electron chi connectivity index (χ3n) is 2.48. The third kappa shape index (κ3) is 1.33. The fourth-order valence-corrected chi connectivity index (χ4v) is 1.70. The molecule has 0 atom stereocenters. The van der Waals surface area contributed by atoms with Crippen molar-refractivity contribution in [2.24, 2.45) is 0 Å². The molecule has 2 heteroatoms. The predicted octanol–water partition coefficient (Wildman–Crippen LogP) is 2.94. The number of nitrogens with zero attached hydrogens (tertiary/aromatic N) is 1. The van der Waals surface area contributed by atoms with Gasteiger partial charge in [-0.05, 0) is 16.9 Å². The van der Waals surface area contributed by atoms with Gasteiger partial charge in [-0.1, -0.05) is 38.1 Å². The predicted molar refractivity (Wildman–Crippen MR) is 60.2 cm³/mol. The molecule has 1 aromatic carbocycles. The van der Waals surface area contributed by atoms with Crippen molar-refractivity contribution in [2.45, 2.75) is 19.8 Å². The van der Waals surface area contributed by atoms with Gasteiger partial charge >= 0.3 is 0 Å². The van der Waals surface area contributed by atoms with Gasteiger partial charge in [0.2, 0.25) is 0 Å². The molecule has 2 rings (SSSR count). The van der Waals surface area contributed by atoms with Crippen LogP contribution < -0.4 is 5.73 Å². The molecule has 14 heavy (non-hydrogen) atoms. The van der Waals surface area contributed by atoms with Crippen LogP contribution in [0.3, 0.4) is 0 Å². The molecule has 2 nitrogen and oxygen atoms in total. The first kappa shape index (κ1) is 9.00. The Bertz CT molecular complexity index is 461. The molecule has 0 saturated carbocycles. The van der Waals surface area contributed by atoms with Crippen LogP contribution in [-0.4, -0.2) is 4.98 Å². The summed E-state index contributed by atoms with van der Waals surface area (Å²) < 4.78 is 0. The number of hydrogen-bond acceptors (Lipinski definition) is 2. The fourth-order valence-electron chi connectivity index (χ4n) is 1.70. The van der Waals surface area contributed by atoms with Crippen LogP contribution in [-0.2, 0) is 0 Å². The van der Waals surface area contributed by atoms with Crippen molar-refractivity contribution >= 4 is 16.6 Å². The highest BCUT2D eigenvalue weighted by Gasteiger charge is 2.07. The van der Waals surface area contributed by atoms with Crippen molar-refractivity contribution in [3.63, 3.8) is 0 Å². The fraction of sp³-hybridized carbons (Fsp3) is 0.250. The van der Waals surface area contributed by atoms with E-state index in [0.29, 0.717) is 11.7 Å². The van der Waals surface area contributed by atoms with Crippen LogP contribution in [0.2, 0.25) is 0 Å². The maximum Gasteiger partial charge on any atom is 0.131 e. The first-order valence-corrected chi connectivity index (χ1v) is 4.83. The maximum atomic E-state index is 5.81. The van der Waals surface area contributed by atoms with E-state index in [1.54, 1.807) is 0 Å². The largest absolute Gasteiger partial charge is 0.383 e. The molecule has 2 N–H and O–H groups in total. The van der Waals surface area contributed by atoms with Gasteiger partial charge in [0.25, 0.3) is 0 Å². The van der Waals surface area contributed by atoms with E-state index in [4.69, 9.17) is 5.73 Å². The SMILES string of the molecule is CC(C)c1cnc(N)c2ccccc12. The van der Waals surface area contributed by atoms with Crippen molar-refractivity contribution in [2.75, 3.05) is 5.73 Å². The lowest BCUT2D eigenvalue weighted by Gasteiger charge is -2.10. The van der Waals surface area contributed by atoms with Crippen LogP contribution in [0.25, 0.3) is 10.8 Å². The molecule has 72 valence electrons. The quantitative estimate of drug-likeness (QED) is 0.743. The van der Waals surface area contributed by atoms with E-state index in [9.17, 15) is 0 Å². The first-order valence-electron chi connectivity index (χ1n) is 4.83. The second-order valence-corrected chi connectivity index (χ2v) is 3.80. The number of fused-ring (bicyclic) bond motifs is 1. The maximum absolute atomic E-state index is 5.81. The van der Waals surface area contributed by atoms with E-state index in [2.05, 4.69) is 24.9 Å². The molecule has 1 aromatic heterocycles. The molecular formula is C12H14N2. The second kappa shape index (κ2) is 3.29. The summed E-state index contributed by atoms with van der Waals surface area (Å²) in [5.41, 5.74) is 7.07. The van der Waals surface area contributed by atoms with Crippen LogP contribution in [0.4, 0.5) is 5.82 Å². The van der Waals surface area contributed by atoms with Gasteiger partial charge in [-0.2, -0.15) is 0 Å².